The van der Waals surface area contributed by atoms with Gasteiger partial charge in [-0.05, 0) is 17.7 Å². The largest absolute Gasteiger partial charge is 0.361 e. The molecule has 0 aliphatic carbocycles. The highest BCUT2D eigenvalue weighted by Crippen LogP contribution is 2.32. The Labute approximate surface area is 172 Å². The van der Waals surface area contributed by atoms with E-state index in [4.69, 9.17) is 0 Å². The van der Waals surface area contributed by atoms with Crippen LogP contribution in [0.5, 0.6) is 0 Å². The van der Waals surface area contributed by atoms with Crippen molar-refractivity contribution < 1.29 is 9.59 Å². The minimum Gasteiger partial charge on any atom is -0.361 e. The van der Waals surface area contributed by atoms with E-state index in [1.807, 2.05) is 48.7 Å². The SMILES string of the molecule is O=C1[C@@H]2Cc3c([nH]c4ccccc34)CN2C(=O)CN1/N=C/c1c[nH]c2ccccc12. The van der Waals surface area contributed by atoms with Crippen LogP contribution >= 0.6 is 0 Å². The van der Waals surface area contributed by atoms with Crippen LogP contribution in [0.15, 0.2) is 59.8 Å². The number of nitrogens with zero attached hydrogens (tertiary/aromatic N) is 3. The Hall–Kier alpha value is -3.87. The number of fused-ring (bicyclic) bond motifs is 5. The maximum absolute atomic E-state index is 13.2. The summed E-state index contributed by atoms with van der Waals surface area (Å²) < 4.78 is 0. The first-order valence-corrected chi connectivity index (χ1v) is 9.98. The van der Waals surface area contributed by atoms with Crippen LogP contribution in [0.2, 0.25) is 0 Å². The molecular formula is C23H19N5O2. The zero-order chi connectivity index (χ0) is 20.2. The Morgan fingerprint density at radius 2 is 1.73 bits per heavy atom. The molecule has 30 heavy (non-hydrogen) atoms. The van der Waals surface area contributed by atoms with E-state index in [0.29, 0.717) is 13.0 Å². The van der Waals surface area contributed by atoms with E-state index in [9.17, 15) is 9.59 Å². The van der Waals surface area contributed by atoms with E-state index in [2.05, 4.69) is 21.1 Å². The first-order valence-electron chi connectivity index (χ1n) is 9.98. The summed E-state index contributed by atoms with van der Waals surface area (Å²) in [5.74, 6) is -0.221. The number of nitrogens with one attached hydrogen (secondary N) is 2. The molecule has 7 nitrogen and oxygen atoms in total. The van der Waals surface area contributed by atoms with Crippen molar-refractivity contribution in [1.82, 2.24) is 19.9 Å². The van der Waals surface area contributed by atoms with Crippen molar-refractivity contribution in [3.63, 3.8) is 0 Å². The van der Waals surface area contributed by atoms with Gasteiger partial charge in [0.05, 0.1) is 12.8 Å². The van der Waals surface area contributed by atoms with Crippen molar-refractivity contribution in [3.8, 4) is 0 Å². The van der Waals surface area contributed by atoms with E-state index < -0.39 is 6.04 Å². The first-order chi connectivity index (χ1) is 14.7. The number of piperazine rings is 1. The fraction of sp³-hybridized carbons (Fsp3) is 0.174. The minimum absolute atomic E-state index is 0.0379. The molecule has 6 rings (SSSR count). The third-order valence-electron chi connectivity index (χ3n) is 6.11. The summed E-state index contributed by atoms with van der Waals surface area (Å²) in [6.07, 6.45) is 4.01. The second kappa shape index (κ2) is 6.32. The number of benzene rings is 2. The number of rotatable bonds is 2. The Morgan fingerprint density at radius 3 is 2.60 bits per heavy atom. The third-order valence-corrected chi connectivity index (χ3v) is 6.11. The molecule has 2 N–H and O–H groups in total. The lowest BCUT2D eigenvalue weighted by Gasteiger charge is -2.40. The standard InChI is InChI=1S/C23H19N5O2/c29-22-13-28(25-11-14-10-24-18-7-3-1-5-15(14)18)23(30)21-9-17-16-6-2-4-8-19(16)26-20(17)12-27(21)22/h1-8,10-11,21,24,26H,9,12-13H2/b25-11+/t21-/m0/s1. The third kappa shape index (κ3) is 2.48. The average molecular weight is 397 g/mol. The highest BCUT2D eigenvalue weighted by atomic mass is 16.2. The number of H-pyrrole nitrogens is 2. The Morgan fingerprint density at radius 1 is 0.967 bits per heavy atom. The van der Waals surface area contributed by atoms with E-state index >= 15 is 0 Å². The van der Waals surface area contributed by atoms with Gasteiger partial charge in [-0.3, -0.25) is 9.59 Å². The van der Waals surface area contributed by atoms with Gasteiger partial charge in [-0.15, -0.1) is 0 Å². The number of amides is 2. The number of hydrogen-bond donors (Lipinski definition) is 2. The number of para-hydroxylation sites is 2. The van der Waals surface area contributed by atoms with Gasteiger partial charge in [0, 0.05) is 45.7 Å². The molecule has 2 aliphatic rings. The molecule has 2 aromatic heterocycles. The molecule has 148 valence electrons. The van der Waals surface area contributed by atoms with Gasteiger partial charge in [0.2, 0.25) is 5.91 Å². The number of hydrogen-bond acceptors (Lipinski definition) is 3. The molecule has 1 saturated heterocycles. The van der Waals surface area contributed by atoms with Crippen LogP contribution in [-0.4, -0.2) is 50.5 Å². The van der Waals surface area contributed by atoms with E-state index in [-0.39, 0.29) is 18.4 Å². The monoisotopic (exact) mass is 397 g/mol. The highest BCUT2D eigenvalue weighted by Gasteiger charge is 2.43. The van der Waals surface area contributed by atoms with Crippen LogP contribution in [0.25, 0.3) is 21.8 Å². The minimum atomic E-state index is -0.516. The Bertz CT molecular complexity index is 1350. The molecule has 0 spiro atoms. The van der Waals surface area contributed by atoms with Crippen molar-refractivity contribution in [2.45, 2.75) is 19.0 Å². The molecule has 2 aromatic carbocycles. The molecule has 0 saturated carbocycles. The molecule has 1 atom stereocenters. The lowest BCUT2D eigenvalue weighted by atomic mass is 9.94. The fourth-order valence-corrected chi connectivity index (χ4v) is 4.59. The van der Waals surface area contributed by atoms with Gasteiger partial charge in [-0.1, -0.05) is 36.4 Å². The van der Waals surface area contributed by atoms with Crippen molar-refractivity contribution in [1.29, 1.82) is 0 Å². The molecule has 4 heterocycles. The maximum atomic E-state index is 13.2. The van der Waals surface area contributed by atoms with Gasteiger partial charge in [-0.2, -0.15) is 5.10 Å². The lowest BCUT2D eigenvalue weighted by Crippen LogP contribution is -2.60. The predicted molar refractivity (Wildman–Crippen MR) is 114 cm³/mol. The van der Waals surface area contributed by atoms with Crippen molar-refractivity contribution in [2.24, 2.45) is 5.10 Å². The number of aromatic amines is 2. The molecule has 7 heteroatoms. The van der Waals surface area contributed by atoms with Crippen LogP contribution in [0, 0.1) is 0 Å². The summed E-state index contributed by atoms with van der Waals surface area (Å²) >= 11 is 0. The van der Waals surface area contributed by atoms with Gasteiger partial charge in [0.15, 0.2) is 0 Å². The zero-order valence-electron chi connectivity index (χ0n) is 16.1. The normalized spacial score (nSPS) is 19.1. The van der Waals surface area contributed by atoms with Crippen molar-refractivity contribution in [3.05, 3.63) is 71.5 Å². The van der Waals surface area contributed by atoms with Gasteiger partial charge in [-0.25, -0.2) is 5.01 Å². The predicted octanol–water partition coefficient (Wildman–Crippen LogP) is 2.78. The number of hydrazone groups is 1. The van der Waals surface area contributed by atoms with Gasteiger partial charge >= 0.3 is 0 Å². The molecule has 4 aromatic rings. The Kier molecular flexibility index (Phi) is 3.59. The van der Waals surface area contributed by atoms with E-state index in [1.54, 1.807) is 11.1 Å². The summed E-state index contributed by atoms with van der Waals surface area (Å²) in [5, 5.41) is 7.84. The Balaban J connectivity index is 1.32. The van der Waals surface area contributed by atoms with E-state index in [0.717, 1.165) is 38.6 Å². The lowest BCUT2D eigenvalue weighted by molar-refractivity contribution is -0.157. The van der Waals surface area contributed by atoms with Crippen LogP contribution in [0.1, 0.15) is 16.8 Å². The molecular weight excluding hydrogens is 378 g/mol. The molecule has 2 amide bonds. The summed E-state index contributed by atoms with van der Waals surface area (Å²) in [4.78, 5) is 34.3. The van der Waals surface area contributed by atoms with Gasteiger partial charge in [0.25, 0.3) is 5.91 Å². The number of carbonyl (C=O) groups is 2. The molecule has 0 bridgehead atoms. The van der Waals surface area contributed by atoms with Crippen LogP contribution < -0.4 is 0 Å². The summed E-state index contributed by atoms with van der Waals surface area (Å²) in [6, 6.07) is 15.4. The summed E-state index contributed by atoms with van der Waals surface area (Å²) in [6.45, 7) is 0.392. The number of carbonyl (C=O) groups excluding carboxylic acids is 2. The highest BCUT2D eigenvalue weighted by molar-refractivity contribution is 6.01. The van der Waals surface area contributed by atoms with Crippen molar-refractivity contribution in [2.75, 3.05) is 6.54 Å². The van der Waals surface area contributed by atoms with E-state index in [1.165, 1.54) is 5.01 Å². The quantitative estimate of drug-likeness (QED) is 0.510. The second-order valence-corrected chi connectivity index (χ2v) is 7.80. The van der Waals surface area contributed by atoms with Gasteiger partial charge in [0.1, 0.15) is 12.6 Å². The summed E-state index contributed by atoms with van der Waals surface area (Å²) in [5.41, 5.74) is 5.07. The first kappa shape index (κ1) is 17.0. The molecule has 0 radical (unpaired) electrons. The zero-order valence-corrected chi connectivity index (χ0v) is 16.1. The topological polar surface area (TPSA) is 84.6 Å². The van der Waals surface area contributed by atoms with Gasteiger partial charge < -0.3 is 14.9 Å². The maximum Gasteiger partial charge on any atom is 0.266 e. The molecule has 2 aliphatic heterocycles. The number of aromatic nitrogens is 2. The second-order valence-electron chi connectivity index (χ2n) is 7.80. The molecule has 1 fully saturated rings. The average Bonchev–Trinajstić information content (AvgIpc) is 3.35. The fourth-order valence-electron chi connectivity index (χ4n) is 4.59. The van der Waals surface area contributed by atoms with Crippen LogP contribution in [-0.2, 0) is 22.6 Å². The summed E-state index contributed by atoms with van der Waals surface area (Å²) in [7, 11) is 0. The van der Waals surface area contributed by atoms with Crippen LogP contribution in [0.4, 0.5) is 0 Å². The van der Waals surface area contributed by atoms with Crippen LogP contribution in [0.3, 0.4) is 0 Å². The smallest absolute Gasteiger partial charge is 0.266 e. The van der Waals surface area contributed by atoms with Crippen molar-refractivity contribution >= 4 is 39.8 Å². The molecule has 0 unspecified atom stereocenters.